The minimum Gasteiger partial charge on any atom is -0.748 e. The Morgan fingerprint density at radius 3 is 2.18 bits per heavy atom. The van der Waals surface area contributed by atoms with Crippen molar-refractivity contribution in [3.8, 4) is 11.3 Å². The predicted molar refractivity (Wildman–Crippen MR) is 247 cm³/mol. The minimum absolute atomic E-state index is 0.0489. The number of fused-ring (bicyclic) bond motifs is 2. The van der Waals surface area contributed by atoms with Gasteiger partial charge in [-0.2, -0.15) is 0 Å². The second-order valence-corrected chi connectivity index (χ2v) is 22.2. The molecule has 5 rings (SSSR count). The first-order valence-corrected chi connectivity index (χ1v) is 26.5. The van der Waals surface area contributed by atoms with Crippen LogP contribution in [0.2, 0.25) is 0 Å². The number of carbonyl (C=O) groups excluding carboxylic acids is 3. The first kappa shape index (κ1) is 52.9. The summed E-state index contributed by atoms with van der Waals surface area (Å²) in [5.41, 5.74) is 2.04. The lowest BCUT2D eigenvalue weighted by Gasteiger charge is -2.31. The topological polar surface area (TPSA) is 267 Å². The summed E-state index contributed by atoms with van der Waals surface area (Å²) in [6, 6.07) is 11.7. The molecule has 0 spiro atoms. The van der Waals surface area contributed by atoms with Crippen LogP contribution in [0.4, 0.5) is 5.69 Å². The smallest absolute Gasteiger partial charge is 0.253 e. The Hall–Kier alpha value is -5.03. The first-order valence-electron chi connectivity index (χ1n) is 21.9. The normalized spacial score (nSPS) is 17.9. The molecule has 21 heteroatoms. The minimum atomic E-state index is -4.90. The zero-order valence-corrected chi connectivity index (χ0v) is 40.8. The molecule has 1 aliphatic carbocycles. The van der Waals surface area contributed by atoms with Crippen molar-refractivity contribution >= 4 is 59.8 Å². The number of unbranched alkanes of at least 4 members (excludes halogenated alkanes) is 2. The highest BCUT2D eigenvalue weighted by Crippen LogP contribution is 2.51. The summed E-state index contributed by atoms with van der Waals surface area (Å²) in [6.45, 7) is 9.54. The Morgan fingerprint density at radius 1 is 0.851 bits per heavy atom. The van der Waals surface area contributed by atoms with Crippen LogP contribution in [0.1, 0.15) is 89.5 Å². The van der Waals surface area contributed by atoms with E-state index in [1.54, 1.807) is 32.3 Å². The Morgan fingerprint density at radius 2 is 1.54 bits per heavy atom. The third-order valence-corrected chi connectivity index (χ3v) is 14.2. The Balaban J connectivity index is 1.49. The highest BCUT2D eigenvalue weighted by molar-refractivity contribution is 7.86. The van der Waals surface area contributed by atoms with Gasteiger partial charge in [0.15, 0.2) is 6.54 Å². The van der Waals surface area contributed by atoms with Crippen molar-refractivity contribution in [1.82, 2.24) is 14.8 Å². The van der Waals surface area contributed by atoms with Crippen molar-refractivity contribution in [1.29, 1.82) is 0 Å². The third kappa shape index (κ3) is 14.5. The fourth-order valence-corrected chi connectivity index (χ4v) is 9.88. The van der Waals surface area contributed by atoms with E-state index in [1.165, 1.54) is 30.4 Å². The van der Waals surface area contributed by atoms with E-state index in [-0.39, 0.29) is 56.6 Å². The van der Waals surface area contributed by atoms with E-state index in [1.807, 2.05) is 33.7 Å². The number of nitrogens with one attached hydrogen (secondary N) is 1. The lowest BCUT2D eigenvalue weighted by atomic mass is 9.77. The van der Waals surface area contributed by atoms with Crippen LogP contribution >= 0.6 is 0 Å². The van der Waals surface area contributed by atoms with Gasteiger partial charge in [0.2, 0.25) is 11.3 Å². The van der Waals surface area contributed by atoms with Crippen molar-refractivity contribution in [3.63, 3.8) is 0 Å². The lowest BCUT2D eigenvalue weighted by molar-refractivity contribution is -0.137. The number of methoxy groups -OCH3 is 1. The molecule has 3 amide bonds. The molecule has 1 atom stereocenters. The van der Waals surface area contributed by atoms with Crippen LogP contribution in [0.3, 0.4) is 0 Å². The molecule has 1 aromatic carbocycles. The van der Waals surface area contributed by atoms with Gasteiger partial charge in [0, 0.05) is 91.7 Å². The Bertz CT molecular complexity index is 2790. The van der Waals surface area contributed by atoms with Gasteiger partial charge in [0.1, 0.15) is 34.8 Å². The van der Waals surface area contributed by atoms with E-state index in [0.717, 1.165) is 21.4 Å². The van der Waals surface area contributed by atoms with Gasteiger partial charge in [-0.1, -0.05) is 33.3 Å². The molecule has 1 N–H and O–H groups in total. The summed E-state index contributed by atoms with van der Waals surface area (Å²) in [4.78, 5) is 38.7. The molecule has 366 valence electrons. The summed E-state index contributed by atoms with van der Waals surface area (Å²) >= 11 is 0. The van der Waals surface area contributed by atoms with E-state index in [9.17, 15) is 53.3 Å². The predicted octanol–water partition coefficient (Wildman–Crippen LogP) is 3.54. The van der Waals surface area contributed by atoms with Gasteiger partial charge in [-0.3, -0.25) is 19.3 Å². The molecule has 0 saturated heterocycles. The zero-order valence-electron chi connectivity index (χ0n) is 38.3. The number of allylic oxidation sites excluding steroid dienone is 3. The molecule has 0 radical (unpaired) electrons. The van der Waals surface area contributed by atoms with Gasteiger partial charge < -0.3 is 33.0 Å². The Kier molecular flexibility index (Phi) is 17.3. The summed E-state index contributed by atoms with van der Waals surface area (Å²) in [5, 5.41) is 3.45. The van der Waals surface area contributed by atoms with Crippen molar-refractivity contribution in [2.45, 2.75) is 88.4 Å². The number of hydrogen-bond acceptors (Lipinski definition) is 15. The van der Waals surface area contributed by atoms with Crippen LogP contribution in [0.5, 0.6) is 0 Å². The number of nitrogens with zero attached hydrogens (tertiary/aromatic N) is 3. The van der Waals surface area contributed by atoms with Crippen molar-refractivity contribution in [2.24, 2.45) is 0 Å². The molecule has 0 bridgehead atoms. The number of carbonyl (C=O) groups is 3. The average Bonchev–Trinajstić information content (AvgIpc) is 3.67. The third-order valence-electron chi connectivity index (χ3n) is 11.8. The van der Waals surface area contributed by atoms with Crippen LogP contribution in [-0.2, 0) is 60.3 Å². The summed E-state index contributed by atoms with van der Waals surface area (Å²) in [7, 11) is -12.4. The van der Waals surface area contributed by atoms with Gasteiger partial charge in [0.25, 0.3) is 11.8 Å². The van der Waals surface area contributed by atoms with Crippen molar-refractivity contribution < 1.29 is 62.4 Å². The van der Waals surface area contributed by atoms with Gasteiger partial charge >= 0.3 is 0 Å². The highest BCUT2D eigenvalue weighted by atomic mass is 32.2. The first-order chi connectivity index (χ1) is 31.3. The number of ether oxygens (including phenoxy) is 1. The van der Waals surface area contributed by atoms with Gasteiger partial charge in [-0.15, -0.1) is 0 Å². The fraction of sp³-hybridized carbons (Fsp3) is 0.478. The maximum Gasteiger partial charge on any atom is 0.253 e. The number of rotatable bonds is 23. The molecule has 1 aromatic rings. The standard InChI is InChI=1S/C46H60N4O14S3/c1-45(2,3)37-31-34(64-40-30-33(15-17-36(37)40)48(26-27-63-5)23-11-29-66(57,58)59)12-9-13-41-46(4,21-10-28-65(54,55)56)38-32-35(67(60,61)62)16-18-39(38)49(41)24-8-6-7-14-42(51)47-22-25-50-43(52)19-20-44(50)53/h9,12-13,15-20,30-32H,6-8,10-11,14,21-29H2,1-5H3,(H3-,47,51,54,55,56,57,58,59,60,61,62)/p-2. The molecule has 4 aliphatic rings. The maximum absolute atomic E-state index is 12.6. The zero-order chi connectivity index (χ0) is 49.4. The van der Waals surface area contributed by atoms with Crippen LogP contribution in [-0.4, -0.2) is 119 Å². The molecule has 0 fully saturated rings. The van der Waals surface area contributed by atoms with Crippen LogP contribution in [0.15, 0.2) is 81.8 Å². The number of amides is 3. The molecular formula is C46H58N4O14S3-2. The second kappa shape index (κ2) is 21.9. The fourth-order valence-electron chi connectivity index (χ4n) is 8.40. The van der Waals surface area contributed by atoms with Crippen LogP contribution in [0, 0.1) is 0 Å². The monoisotopic (exact) mass is 986 g/mol. The van der Waals surface area contributed by atoms with E-state index in [4.69, 9.17) is 9.15 Å². The largest absolute Gasteiger partial charge is 0.748 e. The maximum atomic E-state index is 12.6. The van der Waals surface area contributed by atoms with Crippen LogP contribution in [0.25, 0.3) is 17.4 Å². The molecule has 0 saturated carbocycles. The summed E-state index contributed by atoms with van der Waals surface area (Å²) < 4.78 is 120. The summed E-state index contributed by atoms with van der Waals surface area (Å²) in [5.74, 6) is -1.32. The number of hydrogen-bond donors (Lipinski definition) is 1. The highest BCUT2D eigenvalue weighted by Gasteiger charge is 2.43. The SMILES string of the molecule is COCC[N+](CCCS(=O)(=O)[O-])=c1ccc2c(C(C)(C)C)cc(/C=C/C=C3/N(CCCCCC(=O)NCCN4C(=O)C=CC4=O)c4ccc(S(=O)(=O)[O-])cc4C3(C)CCCS(=O)(=O)[O-])oc-2c1. The van der Waals surface area contributed by atoms with Gasteiger partial charge in [-0.25, -0.2) is 29.8 Å². The molecule has 18 nitrogen and oxygen atoms in total. The van der Waals surface area contributed by atoms with E-state index >= 15 is 0 Å². The quantitative estimate of drug-likeness (QED) is 0.0616. The van der Waals surface area contributed by atoms with E-state index in [0.29, 0.717) is 67.4 Å². The second-order valence-electron chi connectivity index (χ2n) is 17.8. The molecule has 67 heavy (non-hydrogen) atoms. The molecule has 3 aliphatic heterocycles. The molecule has 3 heterocycles. The van der Waals surface area contributed by atoms with Crippen LogP contribution < -0.4 is 20.1 Å². The van der Waals surface area contributed by atoms with E-state index < -0.39 is 64.0 Å². The van der Waals surface area contributed by atoms with E-state index in [2.05, 4.69) is 26.1 Å². The lowest BCUT2D eigenvalue weighted by Crippen LogP contribution is -2.38. The number of imide groups is 1. The average molecular weight is 987 g/mol. The molecule has 0 aromatic heterocycles. The van der Waals surface area contributed by atoms with Crippen molar-refractivity contribution in [2.75, 3.05) is 62.8 Å². The summed E-state index contributed by atoms with van der Waals surface area (Å²) in [6.07, 6.45) is 9.60. The molecular weight excluding hydrogens is 929 g/mol. The van der Waals surface area contributed by atoms with Gasteiger partial charge in [-0.05, 0) is 91.6 Å². The number of benzene rings is 2. The number of anilines is 1. The Labute approximate surface area is 392 Å². The van der Waals surface area contributed by atoms with Gasteiger partial charge in [0.05, 0.1) is 31.2 Å². The van der Waals surface area contributed by atoms with Crippen molar-refractivity contribution in [3.05, 3.63) is 94.7 Å². The molecule has 1 unspecified atom stereocenters.